The summed E-state index contributed by atoms with van der Waals surface area (Å²) in [5.74, 6) is 0. The standard InChI is InChI=1S/C19H18Cl2S/c1-4-13(2)12-22-19-8-6-5-7-16(19)14(3)15-9-10-17(20)18(21)11-15/h5-12H,3-4H2,1-2H3/b13-12-. The third-order valence-corrected chi connectivity index (χ3v) is 5.29. The molecular weight excluding hydrogens is 331 g/mol. The first-order chi connectivity index (χ1) is 10.5. The van der Waals surface area contributed by atoms with Gasteiger partial charge in [-0.3, -0.25) is 0 Å². The molecule has 2 aromatic carbocycles. The van der Waals surface area contributed by atoms with Crippen LogP contribution in [0.4, 0.5) is 0 Å². The smallest absolute Gasteiger partial charge is 0.0598 e. The van der Waals surface area contributed by atoms with Gasteiger partial charge in [-0.25, -0.2) is 0 Å². The molecule has 2 rings (SSSR count). The Bertz CT molecular complexity index is 717. The van der Waals surface area contributed by atoms with Crippen molar-refractivity contribution in [1.29, 1.82) is 0 Å². The van der Waals surface area contributed by atoms with Crippen molar-refractivity contribution in [2.24, 2.45) is 0 Å². The maximum Gasteiger partial charge on any atom is 0.0598 e. The summed E-state index contributed by atoms with van der Waals surface area (Å²) in [5, 5.41) is 3.30. The van der Waals surface area contributed by atoms with Gasteiger partial charge in [-0.1, -0.05) is 78.3 Å². The highest BCUT2D eigenvalue weighted by Gasteiger charge is 2.09. The highest BCUT2D eigenvalue weighted by molar-refractivity contribution is 8.02. The number of rotatable bonds is 5. The van der Waals surface area contributed by atoms with Crippen molar-refractivity contribution in [3.8, 4) is 0 Å². The van der Waals surface area contributed by atoms with E-state index in [1.165, 1.54) is 10.5 Å². The Hall–Kier alpha value is -1.15. The quantitative estimate of drug-likeness (QED) is 0.505. The van der Waals surface area contributed by atoms with E-state index in [2.05, 4.69) is 38.0 Å². The summed E-state index contributed by atoms with van der Waals surface area (Å²) < 4.78 is 0. The summed E-state index contributed by atoms with van der Waals surface area (Å²) in [6.07, 6.45) is 1.06. The first-order valence-electron chi connectivity index (χ1n) is 7.09. The first-order valence-corrected chi connectivity index (χ1v) is 8.72. The van der Waals surface area contributed by atoms with Gasteiger partial charge in [0.05, 0.1) is 10.0 Å². The minimum Gasteiger partial charge on any atom is -0.0975 e. The summed E-state index contributed by atoms with van der Waals surface area (Å²) in [7, 11) is 0. The molecule has 0 aliphatic carbocycles. The summed E-state index contributed by atoms with van der Waals surface area (Å²) >= 11 is 13.8. The van der Waals surface area contributed by atoms with E-state index in [1.54, 1.807) is 17.8 Å². The average Bonchev–Trinajstić information content (AvgIpc) is 2.54. The van der Waals surface area contributed by atoms with Gasteiger partial charge >= 0.3 is 0 Å². The molecule has 3 heteroatoms. The second-order valence-electron chi connectivity index (χ2n) is 5.04. The van der Waals surface area contributed by atoms with Gasteiger partial charge in [-0.15, -0.1) is 0 Å². The van der Waals surface area contributed by atoms with Crippen molar-refractivity contribution in [3.63, 3.8) is 0 Å². The number of thioether (sulfide) groups is 1. The van der Waals surface area contributed by atoms with Crippen LogP contribution in [0.3, 0.4) is 0 Å². The average molecular weight is 349 g/mol. The van der Waals surface area contributed by atoms with Gasteiger partial charge in [0.25, 0.3) is 0 Å². The predicted molar refractivity (Wildman–Crippen MR) is 101 cm³/mol. The fourth-order valence-electron chi connectivity index (χ4n) is 1.91. The van der Waals surface area contributed by atoms with Crippen LogP contribution in [0.2, 0.25) is 10.0 Å². The second-order valence-corrected chi connectivity index (χ2v) is 6.76. The van der Waals surface area contributed by atoms with E-state index in [9.17, 15) is 0 Å². The lowest BCUT2D eigenvalue weighted by Crippen LogP contribution is -1.89. The topological polar surface area (TPSA) is 0 Å². The van der Waals surface area contributed by atoms with Gasteiger partial charge in [0, 0.05) is 4.90 Å². The number of hydrogen-bond acceptors (Lipinski definition) is 1. The number of benzene rings is 2. The van der Waals surface area contributed by atoms with Crippen LogP contribution in [-0.4, -0.2) is 0 Å². The minimum atomic E-state index is 0.548. The normalized spacial score (nSPS) is 11.5. The molecule has 0 bridgehead atoms. The summed E-state index contributed by atoms with van der Waals surface area (Å²) in [6.45, 7) is 8.54. The van der Waals surface area contributed by atoms with Crippen LogP contribution >= 0.6 is 35.0 Å². The Morgan fingerprint density at radius 3 is 2.55 bits per heavy atom. The van der Waals surface area contributed by atoms with E-state index in [1.807, 2.05) is 24.3 Å². The van der Waals surface area contributed by atoms with Gasteiger partial charge < -0.3 is 0 Å². The monoisotopic (exact) mass is 348 g/mol. The third-order valence-electron chi connectivity index (χ3n) is 3.42. The Morgan fingerprint density at radius 1 is 1.14 bits per heavy atom. The van der Waals surface area contributed by atoms with E-state index in [0.29, 0.717) is 10.0 Å². The Labute approximate surface area is 146 Å². The lowest BCUT2D eigenvalue weighted by atomic mass is 10.00. The molecule has 22 heavy (non-hydrogen) atoms. The third kappa shape index (κ3) is 4.19. The molecule has 0 unspecified atom stereocenters. The van der Waals surface area contributed by atoms with Crippen molar-refractivity contribution < 1.29 is 0 Å². The zero-order valence-corrected chi connectivity index (χ0v) is 15.0. The van der Waals surface area contributed by atoms with Crippen molar-refractivity contribution in [2.75, 3.05) is 0 Å². The molecule has 0 saturated carbocycles. The van der Waals surface area contributed by atoms with E-state index in [0.717, 1.165) is 23.1 Å². The predicted octanol–water partition coefficient (Wildman–Crippen LogP) is 7.46. The van der Waals surface area contributed by atoms with Crippen molar-refractivity contribution in [3.05, 3.63) is 81.2 Å². The molecule has 0 radical (unpaired) electrons. The van der Waals surface area contributed by atoms with Crippen molar-refractivity contribution >= 4 is 40.5 Å². The molecule has 0 atom stereocenters. The van der Waals surface area contributed by atoms with Crippen LogP contribution in [-0.2, 0) is 0 Å². The Kier molecular flexibility index (Phi) is 6.19. The number of halogens is 2. The van der Waals surface area contributed by atoms with Crippen LogP contribution < -0.4 is 0 Å². The van der Waals surface area contributed by atoms with E-state index in [-0.39, 0.29) is 0 Å². The molecule has 0 nitrogen and oxygen atoms in total. The maximum atomic E-state index is 6.12. The highest BCUT2D eigenvalue weighted by atomic mass is 35.5. The lowest BCUT2D eigenvalue weighted by Gasteiger charge is -2.12. The van der Waals surface area contributed by atoms with Crippen molar-refractivity contribution in [1.82, 2.24) is 0 Å². The summed E-state index contributed by atoms with van der Waals surface area (Å²) in [6, 6.07) is 13.9. The molecule has 0 heterocycles. The highest BCUT2D eigenvalue weighted by Crippen LogP contribution is 2.34. The SMILES string of the molecule is C=C(c1ccc(Cl)c(Cl)c1)c1ccccc1S/C=C(/C)CC. The van der Waals surface area contributed by atoms with Crippen LogP contribution in [0.1, 0.15) is 31.4 Å². The fraction of sp³-hybridized carbons (Fsp3) is 0.158. The fourth-order valence-corrected chi connectivity index (χ4v) is 3.17. The van der Waals surface area contributed by atoms with Gasteiger partial charge in [0.1, 0.15) is 0 Å². The molecule has 0 saturated heterocycles. The second kappa shape index (κ2) is 7.92. The lowest BCUT2D eigenvalue weighted by molar-refractivity contribution is 1.11. The molecule has 0 N–H and O–H groups in total. The van der Waals surface area contributed by atoms with Gasteiger partial charge in [0.15, 0.2) is 0 Å². The van der Waals surface area contributed by atoms with Crippen molar-refractivity contribution in [2.45, 2.75) is 25.2 Å². The molecule has 0 aliphatic heterocycles. The molecule has 0 amide bonds. The Balaban J connectivity index is 2.35. The molecule has 0 spiro atoms. The zero-order chi connectivity index (χ0) is 16.1. The van der Waals surface area contributed by atoms with Gasteiger partial charge in [-0.05, 0) is 53.7 Å². The van der Waals surface area contributed by atoms with E-state index in [4.69, 9.17) is 23.2 Å². The van der Waals surface area contributed by atoms with Gasteiger partial charge in [-0.2, -0.15) is 0 Å². The zero-order valence-electron chi connectivity index (χ0n) is 12.7. The van der Waals surface area contributed by atoms with Crippen LogP contribution in [0.25, 0.3) is 5.57 Å². The number of allylic oxidation sites excluding steroid dienone is 1. The first kappa shape index (κ1) is 17.2. The van der Waals surface area contributed by atoms with Crippen LogP contribution in [0.15, 0.2) is 64.9 Å². The van der Waals surface area contributed by atoms with E-state index >= 15 is 0 Å². The largest absolute Gasteiger partial charge is 0.0975 e. The van der Waals surface area contributed by atoms with Crippen LogP contribution in [0.5, 0.6) is 0 Å². The molecule has 0 aromatic heterocycles. The molecule has 0 fully saturated rings. The maximum absolute atomic E-state index is 6.12. The van der Waals surface area contributed by atoms with Gasteiger partial charge in [0.2, 0.25) is 0 Å². The van der Waals surface area contributed by atoms with E-state index < -0.39 is 0 Å². The molecular formula is C19H18Cl2S. The molecule has 0 aliphatic rings. The summed E-state index contributed by atoms with van der Waals surface area (Å²) in [4.78, 5) is 1.19. The minimum absolute atomic E-state index is 0.548. The molecule has 2 aromatic rings. The number of hydrogen-bond donors (Lipinski definition) is 0. The Morgan fingerprint density at radius 2 is 1.86 bits per heavy atom. The summed E-state index contributed by atoms with van der Waals surface area (Å²) in [5.41, 5.74) is 4.41. The molecule has 114 valence electrons. The van der Waals surface area contributed by atoms with Crippen LogP contribution in [0, 0.1) is 0 Å².